The number of nitrogens with zero attached hydrogens (tertiary/aromatic N) is 2. The van der Waals surface area contributed by atoms with E-state index in [2.05, 4.69) is 10.1 Å². The molecule has 0 aromatic carbocycles. The maximum Gasteiger partial charge on any atom is 0.358 e. The summed E-state index contributed by atoms with van der Waals surface area (Å²) in [5, 5.41) is 15.0. The van der Waals surface area contributed by atoms with E-state index >= 15 is 0 Å². The van der Waals surface area contributed by atoms with Crippen LogP contribution in [0.4, 0.5) is 0 Å². The van der Waals surface area contributed by atoms with Crippen LogP contribution in [-0.4, -0.2) is 21.2 Å². The molecule has 2 heterocycles. The molecule has 0 saturated carbocycles. The Hall–Kier alpha value is -1.69. The third-order valence-electron chi connectivity index (χ3n) is 2.00. The Bertz CT molecular complexity index is 516. The smallest absolute Gasteiger partial charge is 0.358 e. The van der Waals surface area contributed by atoms with Crippen molar-refractivity contribution in [2.75, 3.05) is 0 Å². The third kappa shape index (κ3) is 1.96. The lowest BCUT2D eigenvalue weighted by molar-refractivity contribution is 0.0686. The molecule has 2 aromatic rings. The summed E-state index contributed by atoms with van der Waals surface area (Å²) < 4.78 is 4.92. The van der Waals surface area contributed by atoms with E-state index in [-0.39, 0.29) is 5.69 Å². The molecule has 0 aliphatic rings. The summed E-state index contributed by atoms with van der Waals surface area (Å²) in [6, 6.07) is 1.38. The van der Waals surface area contributed by atoms with Crippen LogP contribution in [-0.2, 0) is 0 Å². The molecule has 6 heteroatoms. The van der Waals surface area contributed by atoms with Crippen LogP contribution in [0.25, 0.3) is 11.5 Å². The van der Waals surface area contributed by atoms with Gasteiger partial charge in [-0.1, -0.05) is 19.0 Å². The Kier molecular flexibility index (Phi) is 2.74. The molecule has 84 valence electrons. The van der Waals surface area contributed by atoms with E-state index in [9.17, 15) is 4.79 Å². The standard InChI is InChI=1S/C10H10N2O3S/c1-5(2)9-11-7(4-16-9)8-3-6(10(13)14)12-15-8/h3-5H,1-2H3,(H,13,14). The van der Waals surface area contributed by atoms with Gasteiger partial charge in [-0.2, -0.15) is 0 Å². The lowest BCUT2D eigenvalue weighted by Gasteiger charge is -1.95. The van der Waals surface area contributed by atoms with Crippen molar-refractivity contribution < 1.29 is 14.4 Å². The van der Waals surface area contributed by atoms with Crippen molar-refractivity contribution in [2.24, 2.45) is 0 Å². The van der Waals surface area contributed by atoms with Crippen LogP contribution in [0.1, 0.15) is 35.3 Å². The molecule has 0 spiro atoms. The Labute approximate surface area is 95.7 Å². The first-order valence-corrected chi connectivity index (χ1v) is 5.61. The molecule has 2 rings (SSSR count). The molecule has 0 fully saturated rings. The minimum atomic E-state index is -1.10. The van der Waals surface area contributed by atoms with E-state index in [1.54, 1.807) is 0 Å². The largest absolute Gasteiger partial charge is 0.476 e. The molecule has 0 unspecified atom stereocenters. The van der Waals surface area contributed by atoms with Crippen LogP contribution >= 0.6 is 11.3 Å². The number of carboxylic acids is 1. The summed E-state index contributed by atoms with van der Waals surface area (Å²) in [5.41, 5.74) is 0.530. The zero-order chi connectivity index (χ0) is 11.7. The average molecular weight is 238 g/mol. The number of aromatic carboxylic acids is 1. The van der Waals surface area contributed by atoms with Gasteiger partial charge in [0.2, 0.25) is 0 Å². The Balaban J connectivity index is 2.31. The average Bonchev–Trinajstić information content (AvgIpc) is 2.86. The van der Waals surface area contributed by atoms with Crippen LogP contribution in [0.2, 0.25) is 0 Å². The monoisotopic (exact) mass is 238 g/mol. The minimum Gasteiger partial charge on any atom is -0.476 e. The number of hydrogen-bond donors (Lipinski definition) is 1. The number of rotatable bonds is 3. The van der Waals surface area contributed by atoms with Crippen molar-refractivity contribution in [1.82, 2.24) is 10.1 Å². The molecule has 0 atom stereocenters. The first-order valence-electron chi connectivity index (χ1n) is 4.73. The SMILES string of the molecule is CC(C)c1nc(-c2cc(C(=O)O)no2)cs1. The maximum absolute atomic E-state index is 10.6. The van der Waals surface area contributed by atoms with Crippen LogP contribution < -0.4 is 0 Å². The van der Waals surface area contributed by atoms with Crippen molar-refractivity contribution in [1.29, 1.82) is 0 Å². The molecule has 0 radical (unpaired) electrons. The van der Waals surface area contributed by atoms with Gasteiger partial charge < -0.3 is 9.63 Å². The molecule has 2 aromatic heterocycles. The second-order valence-electron chi connectivity index (χ2n) is 3.61. The summed E-state index contributed by atoms with van der Waals surface area (Å²) >= 11 is 1.52. The van der Waals surface area contributed by atoms with Crippen molar-refractivity contribution in [2.45, 2.75) is 19.8 Å². The normalized spacial score (nSPS) is 10.9. The number of carbonyl (C=O) groups is 1. The summed E-state index contributed by atoms with van der Waals surface area (Å²) in [5.74, 6) is -0.365. The van der Waals surface area contributed by atoms with E-state index < -0.39 is 5.97 Å². The van der Waals surface area contributed by atoms with Gasteiger partial charge in [0.05, 0.1) is 5.01 Å². The first-order chi connectivity index (χ1) is 7.58. The van der Waals surface area contributed by atoms with Crippen LogP contribution in [0.3, 0.4) is 0 Å². The fourth-order valence-electron chi connectivity index (χ4n) is 1.16. The first kappa shape index (κ1) is 10.8. The topological polar surface area (TPSA) is 76.2 Å². The highest BCUT2D eigenvalue weighted by molar-refractivity contribution is 7.10. The molecule has 0 saturated heterocycles. The van der Waals surface area contributed by atoms with Crippen molar-refractivity contribution >= 4 is 17.3 Å². The van der Waals surface area contributed by atoms with Crippen molar-refractivity contribution in [3.05, 3.63) is 22.1 Å². The third-order valence-corrected chi connectivity index (χ3v) is 3.14. The highest BCUT2D eigenvalue weighted by Gasteiger charge is 2.15. The molecule has 0 bridgehead atoms. The molecule has 16 heavy (non-hydrogen) atoms. The molecule has 0 amide bonds. The van der Waals surface area contributed by atoms with Crippen LogP contribution in [0.5, 0.6) is 0 Å². The fourth-order valence-corrected chi connectivity index (χ4v) is 1.99. The molecule has 1 N–H and O–H groups in total. The number of aromatic nitrogens is 2. The Morgan fingerprint density at radius 2 is 2.31 bits per heavy atom. The molecule has 0 aliphatic carbocycles. The van der Waals surface area contributed by atoms with E-state index in [1.165, 1.54) is 17.4 Å². The summed E-state index contributed by atoms with van der Waals surface area (Å²) in [7, 11) is 0. The van der Waals surface area contributed by atoms with E-state index in [4.69, 9.17) is 9.63 Å². The van der Waals surface area contributed by atoms with Crippen LogP contribution in [0.15, 0.2) is 16.0 Å². The zero-order valence-corrected chi connectivity index (χ0v) is 9.61. The highest BCUT2D eigenvalue weighted by atomic mass is 32.1. The lowest BCUT2D eigenvalue weighted by atomic mass is 10.2. The van der Waals surface area contributed by atoms with Gasteiger partial charge in [0.25, 0.3) is 0 Å². The van der Waals surface area contributed by atoms with Gasteiger partial charge in [0.1, 0.15) is 5.69 Å². The van der Waals surface area contributed by atoms with Crippen LogP contribution in [0, 0.1) is 0 Å². The zero-order valence-electron chi connectivity index (χ0n) is 8.80. The number of hydrogen-bond acceptors (Lipinski definition) is 5. The summed E-state index contributed by atoms with van der Waals surface area (Å²) in [6.07, 6.45) is 0. The fraction of sp³-hybridized carbons (Fsp3) is 0.300. The van der Waals surface area contributed by atoms with E-state index in [1.807, 2.05) is 19.2 Å². The van der Waals surface area contributed by atoms with E-state index in [0.717, 1.165) is 5.01 Å². The van der Waals surface area contributed by atoms with Gasteiger partial charge in [-0.05, 0) is 0 Å². The minimum absolute atomic E-state index is 0.103. The lowest BCUT2D eigenvalue weighted by Crippen LogP contribution is -1.94. The van der Waals surface area contributed by atoms with Gasteiger partial charge >= 0.3 is 5.97 Å². The predicted molar refractivity (Wildman–Crippen MR) is 58.7 cm³/mol. The second-order valence-corrected chi connectivity index (χ2v) is 4.50. The van der Waals surface area contributed by atoms with Gasteiger partial charge in [0.15, 0.2) is 11.5 Å². The van der Waals surface area contributed by atoms with E-state index in [0.29, 0.717) is 17.4 Å². The Morgan fingerprint density at radius 3 is 2.81 bits per heavy atom. The summed E-state index contributed by atoms with van der Waals surface area (Å²) in [4.78, 5) is 15.0. The van der Waals surface area contributed by atoms with Gasteiger partial charge in [-0.3, -0.25) is 0 Å². The predicted octanol–water partition coefficient (Wildman–Crippen LogP) is 2.62. The molecule has 0 aliphatic heterocycles. The number of carboxylic acid groups (broad SMARTS) is 1. The summed E-state index contributed by atoms with van der Waals surface area (Å²) in [6.45, 7) is 4.09. The second kappa shape index (κ2) is 4.05. The quantitative estimate of drug-likeness (QED) is 0.889. The number of thiazole rings is 1. The van der Waals surface area contributed by atoms with Gasteiger partial charge in [-0.25, -0.2) is 9.78 Å². The molecular weight excluding hydrogens is 228 g/mol. The maximum atomic E-state index is 10.6. The molecular formula is C10H10N2O3S. The van der Waals surface area contributed by atoms with Crippen molar-refractivity contribution in [3.63, 3.8) is 0 Å². The van der Waals surface area contributed by atoms with Crippen molar-refractivity contribution in [3.8, 4) is 11.5 Å². The Morgan fingerprint density at radius 1 is 1.56 bits per heavy atom. The van der Waals surface area contributed by atoms with Gasteiger partial charge in [0, 0.05) is 17.4 Å². The highest BCUT2D eigenvalue weighted by Crippen LogP contribution is 2.26. The molecule has 5 nitrogen and oxygen atoms in total. The van der Waals surface area contributed by atoms with Gasteiger partial charge in [-0.15, -0.1) is 11.3 Å².